The molecule has 0 spiro atoms. The van der Waals surface area contributed by atoms with E-state index in [1.54, 1.807) is 14.2 Å². The Morgan fingerprint density at radius 1 is 0.826 bits per heavy atom. The van der Waals surface area contributed by atoms with Crippen LogP contribution in [0.25, 0.3) is 21.5 Å². The molecule has 118 valence electrons. The lowest BCUT2D eigenvalue weighted by atomic mass is 9.89. The predicted octanol–water partition coefficient (Wildman–Crippen LogP) is 4.75. The molecule has 0 unspecified atom stereocenters. The minimum Gasteiger partial charge on any atom is -0.496 e. The van der Waals surface area contributed by atoms with E-state index in [1.807, 2.05) is 26.0 Å². The fourth-order valence-corrected chi connectivity index (χ4v) is 3.52. The van der Waals surface area contributed by atoms with Crippen LogP contribution in [0.1, 0.15) is 27.0 Å². The number of hydrogen-bond acceptors (Lipinski definition) is 3. The zero-order valence-corrected chi connectivity index (χ0v) is 14.1. The standard InChI is InChI=1S/C20H20O3/c1-11-6-7-15-12(2)18-14(13(3)19(15)20(11)23-5)8-9-17(22-4)16(18)10-21/h6-10H,1-5H3. The molecule has 0 heterocycles. The average molecular weight is 308 g/mol. The summed E-state index contributed by atoms with van der Waals surface area (Å²) < 4.78 is 11.0. The molecule has 3 nitrogen and oxygen atoms in total. The van der Waals surface area contributed by atoms with E-state index in [0.717, 1.165) is 50.3 Å². The molecule has 0 aliphatic heterocycles. The molecule has 0 bridgehead atoms. The zero-order valence-electron chi connectivity index (χ0n) is 14.1. The summed E-state index contributed by atoms with van der Waals surface area (Å²) >= 11 is 0. The number of benzene rings is 3. The Morgan fingerprint density at radius 3 is 2.04 bits per heavy atom. The molecule has 3 aromatic carbocycles. The second-order valence-corrected chi connectivity index (χ2v) is 5.81. The van der Waals surface area contributed by atoms with Gasteiger partial charge < -0.3 is 9.47 Å². The molecule has 0 N–H and O–H groups in total. The van der Waals surface area contributed by atoms with Crippen LogP contribution >= 0.6 is 0 Å². The Balaban J connectivity index is 2.63. The fourth-order valence-electron chi connectivity index (χ4n) is 3.52. The molecule has 0 aromatic heterocycles. The normalized spacial score (nSPS) is 11.0. The van der Waals surface area contributed by atoms with Gasteiger partial charge in [-0.2, -0.15) is 0 Å². The molecule has 0 atom stereocenters. The van der Waals surface area contributed by atoms with Gasteiger partial charge in [0.2, 0.25) is 0 Å². The molecule has 3 aromatic rings. The van der Waals surface area contributed by atoms with Gasteiger partial charge in [0.25, 0.3) is 0 Å². The highest BCUT2D eigenvalue weighted by Crippen LogP contribution is 2.41. The van der Waals surface area contributed by atoms with Crippen molar-refractivity contribution in [2.45, 2.75) is 20.8 Å². The maximum absolute atomic E-state index is 11.7. The molecule has 0 saturated carbocycles. The second kappa shape index (κ2) is 5.58. The smallest absolute Gasteiger partial charge is 0.154 e. The lowest BCUT2D eigenvalue weighted by Crippen LogP contribution is -1.98. The van der Waals surface area contributed by atoms with Crippen molar-refractivity contribution in [3.8, 4) is 11.5 Å². The third-order valence-electron chi connectivity index (χ3n) is 4.66. The largest absolute Gasteiger partial charge is 0.496 e. The number of carbonyl (C=O) groups is 1. The van der Waals surface area contributed by atoms with Crippen LogP contribution in [-0.4, -0.2) is 20.5 Å². The van der Waals surface area contributed by atoms with Crippen LogP contribution in [0.3, 0.4) is 0 Å². The lowest BCUT2D eigenvalue weighted by molar-refractivity contribution is 0.112. The third-order valence-corrected chi connectivity index (χ3v) is 4.66. The lowest BCUT2D eigenvalue weighted by Gasteiger charge is -2.18. The van der Waals surface area contributed by atoms with Crippen molar-refractivity contribution in [1.29, 1.82) is 0 Å². The summed E-state index contributed by atoms with van der Waals surface area (Å²) in [5.74, 6) is 1.50. The highest BCUT2D eigenvalue weighted by atomic mass is 16.5. The van der Waals surface area contributed by atoms with Crippen molar-refractivity contribution in [2.75, 3.05) is 14.2 Å². The number of methoxy groups -OCH3 is 2. The van der Waals surface area contributed by atoms with E-state index < -0.39 is 0 Å². The Morgan fingerprint density at radius 2 is 1.43 bits per heavy atom. The van der Waals surface area contributed by atoms with Crippen LogP contribution < -0.4 is 9.47 Å². The van der Waals surface area contributed by atoms with Gasteiger partial charge in [-0.3, -0.25) is 4.79 Å². The van der Waals surface area contributed by atoms with Crippen molar-refractivity contribution in [1.82, 2.24) is 0 Å². The minimum atomic E-state index is 0.604. The Kier molecular flexibility index (Phi) is 3.72. The number of carbonyl (C=O) groups excluding carboxylic acids is 1. The quantitative estimate of drug-likeness (QED) is 0.517. The van der Waals surface area contributed by atoms with Crippen molar-refractivity contribution < 1.29 is 14.3 Å². The first kappa shape index (κ1) is 15.3. The number of rotatable bonds is 3. The number of aldehydes is 1. The first-order valence-electron chi connectivity index (χ1n) is 7.57. The third kappa shape index (κ3) is 2.07. The van der Waals surface area contributed by atoms with E-state index in [4.69, 9.17) is 9.47 Å². The predicted molar refractivity (Wildman–Crippen MR) is 94.2 cm³/mol. The number of fused-ring (bicyclic) bond motifs is 2. The molecule has 0 aliphatic rings. The number of hydrogen-bond donors (Lipinski definition) is 0. The van der Waals surface area contributed by atoms with Gasteiger partial charge in [-0.1, -0.05) is 18.2 Å². The fraction of sp³-hybridized carbons (Fsp3) is 0.250. The summed E-state index contributed by atoms with van der Waals surface area (Å²) in [5, 5.41) is 4.23. The van der Waals surface area contributed by atoms with Gasteiger partial charge in [-0.25, -0.2) is 0 Å². The van der Waals surface area contributed by atoms with Crippen LogP contribution in [-0.2, 0) is 0 Å². The van der Waals surface area contributed by atoms with Crippen LogP contribution in [0, 0.1) is 20.8 Å². The van der Waals surface area contributed by atoms with Gasteiger partial charge in [0, 0.05) is 5.39 Å². The van der Waals surface area contributed by atoms with Crippen LogP contribution in [0.15, 0.2) is 24.3 Å². The summed E-state index contributed by atoms with van der Waals surface area (Å²) in [4.78, 5) is 11.7. The Hall–Kier alpha value is -2.55. The van der Waals surface area contributed by atoms with Crippen molar-refractivity contribution >= 4 is 27.8 Å². The summed E-state index contributed by atoms with van der Waals surface area (Å²) in [7, 11) is 3.29. The van der Waals surface area contributed by atoms with Crippen LogP contribution in [0.5, 0.6) is 11.5 Å². The molecule has 0 aliphatic carbocycles. The number of aryl methyl sites for hydroxylation is 3. The first-order chi connectivity index (χ1) is 11.0. The second-order valence-electron chi connectivity index (χ2n) is 5.81. The SMILES string of the molecule is COc1ccc2c(C)c3c(OC)c(C)ccc3c(C)c2c1C=O. The Bertz CT molecular complexity index is 939. The molecule has 0 radical (unpaired) electrons. The summed E-state index contributed by atoms with van der Waals surface area (Å²) in [5.41, 5.74) is 3.89. The molecule has 0 saturated heterocycles. The van der Waals surface area contributed by atoms with Crippen molar-refractivity contribution in [3.05, 3.63) is 46.5 Å². The molecule has 3 heteroatoms. The van der Waals surface area contributed by atoms with Gasteiger partial charge in [-0.05, 0) is 59.7 Å². The van der Waals surface area contributed by atoms with Crippen molar-refractivity contribution in [2.24, 2.45) is 0 Å². The Labute approximate surface area is 135 Å². The first-order valence-corrected chi connectivity index (χ1v) is 7.57. The van der Waals surface area contributed by atoms with Crippen LogP contribution in [0.4, 0.5) is 0 Å². The van der Waals surface area contributed by atoms with E-state index in [0.29, 0.717) is 11.3 Å². The van der Waals surface area contributed by atoms with E-state index in [-0.39, 0.29) is 0 Å². The maximum atomic E-state index is 11.7. The highest BCUT2D eigenvalue weighted by Gasteiger charge is 2.18. The molecule has 23 heavy (non-hydrogen) atoms. The number of ether oxygens (including phenoxy) is 2. The molecule has 3 rings (SSSR count). The molecular weight excluding hydrogens is 288 g/mol. The van der Waals surface area contributed by atoms with Crippen LogP contribution in [0.2, 0.25) is 0 Å². The van der Waals surface area contributed by atoms with E-state index >= 15 is 0 Å². The van der Waals surface area contributed by atoms with E-state index in [9.17, 15) is 4.79 Å². The summed E-state index contributed by atoms with van der Waals surface area (Å²) in [6.07, 6.45) is 0.880. The molecule has 0 fully saturated rings. The molecule has 0 amide bonds. The zero-order chi connectivity index (χ0) is 16.7. The monoisotopic (exact) mass is 308 g/mol. The average Bonchev–Trinajstić information content (AvgIpc) is 2.57. The van der Waals surface area contributed by atoms with E-state index in [1.165, 1.54) is 0 Å². The molecular formula is C20H20O3. The van der Waals surface area contributed by atoms with Gasteiger partial charge >= 0.3 is 0 Å². The van der Waals surface area contributed by atoms with Crippen molar-refractivity contribution in [3.63, 3.8) is 0 Å². The van der Waals surface area contributed by atoms with Gasteiger partial charge in [0.15, 0.2) is 6.29 Å². The minimum absolute atomic E-state index is 0.604. The van der Waals surface area contributed by atoms with Gasteiger partial charge in [-0.15, -0.1) is 0 Å². The van der Waals surface area contributed by atoms with Gasteiger partial charge in [0.05, 0.1) is 19.8 Å². The summed E-state index contributed by atoms with van der Waals surface area (Å²) in [6.45, 7) is 6.17. The maximum Gasteiger partial charge on any atom is 0.154 e. The topological polar surface area (TPSA) is 35.5 Å². The van der Waals surface area contributed by atoms with E-state index in [2.05, 4.69) is 19.1 Å². The van der Waals surface area contributed by atoms with Gasteiger partial charge in [0.1, 0.15) is 11.5 Å². The summed E-state index contributed by atoms with van der Waals surface area (Å²) in [6, 6.07) is 8.03. The highest BCUT2D eigenvalue weighted by molar-refractivity contribution is 6.13.